The maximum Gasteiger partial charge on any atom is 0.306 e. The van der Waals surface area contributed by atoms with Gasteiger partial charge in [0.15, 0.2) is 0 Å². The molecule has 0 N–H and O–H groups in total. The first-order chi connectivity index (χ1) is 7.52. The van der Waals surface area contributed by atoms with Gasteiger partial charge in [-0.3, -0.25) is 9.59 Å². The summed E-state index contributed by atoms with van der Waals surface area (Å²) in [6, 6.07) is 0. The van der Waals surface area contributed by atoms with Gasteiger partial charge in [0.2, 0.25) is 6.61 Å². The zero-order valence-electron chi connectivity index (χ0n) is 10.7. The quantitative estimate of drug-likeness (QED) is 0.597. The average Bonchev–Trinajstić information content (AvgIpc) is 2.18. The van der Waals surface area contributed by atoms with Crippen LogP contribution in [0, 0.1) is 18.4 Å². The van der Waals surface area contributed by atoms with Crippen LogP contribution in [-0.2, 0) is 14.3 Å². The summed E-state index contributed by atoms with van der Waals surface area (Å²) < 4.78 is 4.72. The Morgan fingerprint density at radius 3 is 2.31 bits per heavy atom. The minimum Gasteiger partial charge on any atom is -0.450 e. The molecular weight excluding hydrogens is 204 g/mol. The van der Waals surface area contributed by atoms with E-state index in [1.807, 2.05) is 27.7 Å². The highest BCUT2D eigenvalue weighted by Crippen LogP contribution is 2.18. The van der Waals surface area contributed by atoms with E-state index in [1.54, 1.807) is 0 Å². The maximum absolute atomic E-state index is 11.7. The van der Waals surface area contributed by atoms with Gasteiger partial charge in [-0.2, -0.15) is 0 Å². The van der Waals surface area contributed by atoms with Crippen molar-refractivity contribution in [3.05, 3.63) is 6.61 Å². The summed E-state index contributed by atoms with van der Waals surface area (Å²) in [5.74, 6) is 0.151. The van der Waals surface area contributed by atoms with Crippen LogP contribution in [0.25, 0.3) is 0 Å². The number of rotatable bonds is 8. The van der Waals surface area contributed by atoms with Crippen molar-refractivity contribution in [2.24, 2.45) is 11.8 Å². The first kappa shape index (κ1) is 15.1. The average molecular weight is 226 g/mol. The Bertz CT molecular complexity index is 221. The molecule has 0 heterocycles. The van der Waals surface area contributed by atoms with Gasteiger partial charge in [0, 0.05) is 12.3 Å². The summed E-state index contributed by atoms with van der Waals surface area (Å²) in [6.45, 7) is 10.4. The SMILES string of the molecule is CCCC(=O)O[C]CC(=O)C(CC)C(C)C. The molecule has 1 unspecified atom stereocenters. The molecule has 1 atom stereocenters. The van der Waals surface area contributed by atoms with Crippen LogP contribution in [0.1, 0.15) is 53.4 Å². The smallest absolute Gasteiger partial charge is 0.306 e. The summed E-state index contributed by atoms with van der Waals surface area (Å²) in [7, 11) is 0. The van der Waals surface area contributed by atoms with Crippen molar-refractivity contribution >= 4 is 11.8 Å². The van der Waals surface area contributed by atoms with E-state index in [2.05, 4.69) is 6.61 Å². The molecule has 0 aliphatic carbocycles. The lowest BCUT2D eigenvalue weighted by Crippen LogP contribution is -2.20. The monoisotopic (exact) mass is 226 g/mol. The molecule has 0 rings (SSSR count). The molecule has 0 spiro atoms. The molecule has 92 valence electrons. The van der Waals surface area contributed by atoms with Gasteiger partial charge < -0.3 is 4.74 Å². The van der Waals surface area contributed by atoms with E-state index in [4.69, 9.17) is 4.74 Å². The summed E-state index contributed by atoms with van der Waals surface area (Å²) in [5.41, 5.74) is 0. The van der Waals surface area contributed by atoms with Crippen LogP contribution in [0.3, 0.4) is 0 Å². The van der Waals surface area contributed by atoms with Crippen molar-refractivity contribution in [2.75, 3.05) is 0 Å². The number of hydrogen-bond acceptors (Lipinski definition) is 3. The minimum atomic E-state index is -0.312. The van der Waals surface area contributed by atoms with Gasteiger partial charge in [-0.15, -0.1) is 0 Å². The lowest BCUT2D eigenvalue weighted by molar-refractivity contribution is -0.140. The Hall–Kier alpha value is -0.860. The van der Waals surface area contributed by atoms with E-state index in [0.717, 1.165) is 12.8 Å². The van der Waals surface area contributed by atoms with Gasteiger partial charge >= 0.3 is 5.97 Å². The van der Waals surface area contributed by atoms with Crippen LogP contribution in [0.15, 0.2) is 0 Å². The van der Waals surface area contributed by atoms with Gasteiger partial charge in [-0.1, -0.05) is 27.7 Å². The molecule has 0 aliphatic heterocycles. The first-order valence-corrected chi connectivity index (χ1v) is 5.98. The molecular formula is C13H22O3. The van der Waals surface area contributed by atoms with Gasteiger partial charge in [0.25, 0.3) is 0 Å². The molecule has 0 amide bonds. The third-order valence-corrected chi connectivity index (χ3v) is 2.54. The number of esters is 1. The summed E-state index contributed by atoms with van der Waals surface area (Å²) in [6.07, 6.45) is 2.05. The van der Waals surface area contributed by atoms with Gasteiger partial charge in [0.1, 0.15) is 5.78 Å². The Balaban J connectivity index is 3.84. The topological polar surface area (TPSA) is 43.4 Å². The Labute approximate surface area is 98.6 Å². The van der Waals surface area contributed by atoms with Crippen molar-refractivity contribution in [3.63, 3.8) is 0 Å². The molecule has 0 aromatic heterocycles. The molecule has 0 aromatic carbocycles. The normalized spacial score (nSPS) is 12.6. The van der Waals surface area contributed by atoms with Gasteiger partial charge in [-0.05, 0) is 18.8 Å². The number of ketones is 1. The van der Waals surface area contributed by atoms with Crippen LogP contribution >= 0.6 is 0 Å². The van der Waals surface area contributed by atoms with E-state index in [-0.39, 0.29) is 24.1 Å². The second kappa shape index (κ2) is 8.31. The predicted octanol–water partition coefficient (Wildman–Crippen LogP) is 3.01. The van der Waals surface area contributed by atoms with Crippen molar-refractivity contribution in [3.8, 4) is 0 Å². The fourth-order valence-corrected chi connectivity index (χ4v) is 1.64. The lowest BCUT2D eigenvalue weighted by Gasteiger charge is -2.16. The Morgan fingerprint density at radius 1 is 1.25 bits per heavy atom. The standard InChI is InChI=1S/C13H22O3/c1-5-7-13(15)16-9-8-12(14)11(6-2)10(3)4/h10-11H,5-8H2,1-4H3. The highest BCUT2D eigenvalue weighted by atomic mass is 16.5. The molecule has 3 heteroatoms. The number of Topliss-reactive ketones (excluding diaryl/α,β-unsaturated/α-hetero) is 1. The molecule has 0 saturated heterocycles. The van der Waals surface area contributed by atoms with E-state index < -0.39 is 0 Å². The van der Waals surface area contributed by atoms with E-state index in [9.17, 15) is 9.59 Å². The van der Waals surface area contributed by atoms with Gasteiger partial charge in [-0.25, -0.2) is 0 Å². The molecule has 0 bridgehead atoms. The van der Waals surface area contributed by atoms with Crippen LogP contribution < -0.4 is 0 Å². The lowest BCUT2D eigenvalue weighted by atomic mass is 9.88. The number of carbonyl (C=O) groups is 2. The maximum atomic E-state index is 11.7. The first-order valence-electron chi connectivity index (χ1n) is 5.98. The predicted molar refractivity (Wildman–Crippen MR) is 62.5 cm³/mol. The van der Waals surface area contributed by atoms with Crippen LogP contribution in [0.5, 0.6) is 0 Å². The summed E-state index contributed by atoms with van der Waals surface area (Å²) >= 11 is 0. The molecule has 3 nitrogen and oxygen atoms in total. The second-order valence-electron chi connectivity index (χ2n) is 4.27. The van der Waals surface area contributed by atoms with Crippen LogP contribution in [0.4, 0.5) is 0 Å². The largest absolute Gasteiger partial charge is 0.450 e. The van der Waals surface area contributed by atoms with Crippen molar-refractivity contribution < 1.29 is 14.3 Å². The third-order valence-electron chi connectivity index (χ3n) is 2.54. The van der Waals surface area contributed by atoms with Crippen LogP contribution in [-0.4, -0.2) is 11.8 Å². The highest BCUT2D eigenvalue weighted by molar-refractivity contribution is 5.82. The molecule has 2 radical (unpaired) electrons. The van der Waals surface area contributed by atoms with Crippen LogP contribution in [0.2, 0.25) is 0 Å². The minimum absolute atomic E-state index is 0.0392. The number of hydrogen-bond donors (Lipinski definition) is 0. The molecule has 0 aromatic rings. The summed E-state index contributed by atoms with van der Waals surface area (Å²) in [5, 5.41) is 0. The Kier molecular flexibility index (Phi) is 7.86. The third kappa shape index (κ3) is 5.89. The number of ether oxygens (including phenoxy) is 1. The fourth-order valence-electron chi connectivity index (χ4n) is 1.64. The second-order valence-corrected chi connectivity index (χ2v) is 4.27. The molecule has 16 heavy (non-hydrogen) atoms. The fraction of sp³-hybridized carbons (Fsp3) is 0.769. The zero-order valence-corrected chi connectivity index (χ0v) is 10.7. The van der Waals surface area contributed by atoms with E-state index >= 15 is 0 Å². The van der Waals surface area contributed by atoms with Crippen molar-refractivity contribution in [2.45, 2.75) is 53.4 Å². The number of carbonyl (C=O) groups excluding carboxylic acids is 2. The van der Waals surface area contributed by atoms with Crippen molar-refractivity contribution in [1.82, 2.24) is 0 Å². The molecule has 0 fully saturated rings. The summed E-state index contributed by atoms with van der Waals surface area (Å²) in [4.78, 5) is 22.7. The van der Waals surface area contributed by atoms with Gasteiger partial charge in [0.05, 0.1) is 6.42 Å². The highest BCUT2D eigenvalue weighted by Gasteiger charge is 2.20. The van der Waals surface area contributed by atoms with Crippen molar-refractivity contribution in [1.29, 1.82) is 0 Å². The van der Waals surface area contributed by atoms with E-state index in [0.29, 0.717) is 12.3 Å². The molecule has 0 aliphatic rings. The zero-order chi connectivity index (χ0) is 12.6. The Morgan fingerprint density at radius 2 is 1.88 bits per heavy atom. The van der Waals surface area contributed by atoms with E-state index in [1.165, 1.54) is 0 Å². The molecule has 0 saturated carbocycles.